The molecule has 0 heterocycles. The van der Waals surface area contributed by atoms with Gasteiger partial charge in [-0.15, -0.1) is 4.89 Å². The zero-order valence-electron chi connectivity index (χ0n) is 14.5. The maximum Gasteiger partial charge on any atom is 0.696 e. The van der Waals surface area contributed by atoms with Crippen LogP contribution in [0.4, 0.5) is 0 Å². The van der Waals surface area contributed by atoms with E-state index in [0.717, 1.165) is 0 Å². The summed E-state index contributed by atoms with van der Waals surface area (Å²) in [5, 5.41) is 0. The minimum absolute atomic E-state index is 0.000883. The van der Waals surface area contributed by atoms with E-state index in [0.29, 0.717) is 11.5 Å². The summed E-state index contributed by atoms with van der Waals surface area (Å²) in [6, 6.07) is 15.0. The maximum absolute atomic E-state index is 12.6. The normalized spacial score (nSPS) is 12.7. The molecule has 0 amide bonds. The average Bonchev–Trinajstić information content (AvgIpc) is 2.62. The predicted molar refractivity (Wildman–Crippen MR) is 97.5 cm³/mol. The zero-order chi connectivity index (χ0) is 19.2. The first-order valence-corrected chi connectivity index (χ1v) is 10.6. The van der Waals surface area contributed by atoms with Crippen molar-refractivity contribution in [3.8, 4) is 11.5 Å². The number of ether oxygens (including phenoxy) is 1. The lowest BCUT2D eigenvalue weighted by Crippen LogP contribution is -2.48. The highest BCUT2D eigenvalue weighted by Gasteiger charge is 2.41. The largest absolute Gasteiger partial charge is 0.696 e. The maximum atomic E-state index is 12.6. The summed E-state index contributed by atoms with van der Waals surface area (Å²) in [6.07, 6.45) is 0.388. The van der Waals surface area contributed by atoms with E-state index in [-0.39, 0.29) is 17.7 Å². The summed E-state index contributed by atoms with van der Waals surface area (Å²) in [7, 11) is -6.90. The molecule has 0 aliphatic carbocycles. The van der Waals surface area contributed by atoms with Crippen LogP contribution in [0.1, 0.15) is 26.7 Å². The Labute approximate surface area is 154 Å². The number of hydrogen-bond acceptors (Lipinski definition) is 5. The lowest BCUT2D eigenvalue weighted by molar-refractivity contribution is 0.0455. The molecule has 0 saturated carbocycles. The molecule has 0 aliphatic rings. The standard InChI is InChI=1S/C17H20NO6PS/c1-3-17(4-2,24-25(19)20)18-26(21,22)16-12-10-15(11-13-16)23-14-8-6-5-7-9-14/h5-13,18H,3-4H2,1-2H3/p+1. The Hall–Kier alpha value is -1.83. The summed E-state index contributed by atoms with van der Waals surface area (Å²) in [5.41, 5.74) is -1.44. The molecule has 2 aromatic carbocycles. The molecular weight excluding hydrogens is 377 g/mol. The summed E-state index contributed by atoms with van der Waals surface area (Å²) >= 11 is 0. The predicted octanol–water partition coefficient (Wildman–Crippen LogP) is 3.94. The highest BCUT2D eigenvalue weighted by Crippen LogP contribution is 2.31. The molecule has 0 saturated heterocycles. The van der Waals surface area contributed by atoms with Crippen LogP contribution in [0.15, 0.2) is 59.5 Å². The molecule has 2 rings (SSSR count). The van der Waals surface area contributed by atoms with Crippen molar-refractivity contribution in [2.24, 2.45) is 0 Å². The smallest absolute Gasteiger partial charge is 0.457 e. The molecule has 0 aromatic heterocycles. The third-order valence-corrected chi connectivity index (χ3v) is 5.87. The van der Waals surface area contributed by atoms with Gasteiger partial charge in [-0.3, -0.25) is 0 Å². The van der Waals surface area contributed by atoms with Gasteiger partial charge in [0.05, 0.1) is 4.90 Å². The van der Waals surface area contributed by atoms with Gasteiger partial charge in [0.2, 0.25) is 10.0 Å². The van der Waals surface area contributed by atoms with Gasteiger partial charge < -0.3 is 4.74 Å². The van der Waals surface area contributed by atoms with Crippen molar-refractivity contribution in [3.63, 3.8) is 0 Å². The van der Waals surface area contributed by atoms with Crippen LogP contribution < -0.4 is 9.46 Å². The van der Waals surface area contributed by atoms with Crippen LogP contribution in [0, 0.1) is 0 Å². The Kier molecular flexibility index (Phi) is 6.86. The molecule has 1 atom stereocenters. The zero-order valence-corrected chi connectivity index (χ0v) is 16.2. The third-order valence-electron chi connectivity index (χ3n) is 3.83. The average molecular weight is 398 g/mol. The Bertz CT molecular complexity index is 835. The summed E-state index contributed by atoms with van der Waals surface area (Å²) in [4.78, 5) is 9.03. The van der Waals surface area contributed by atoms with E-state index in [9.17, 15) is 13.0 Å². The molecule has 9 heteroatoms. The molecule has 2 N–H and O–H groups in total. The molecule has 0 aliphatic heterocycles. The van der Waals surface area contributed by atoms with Crippen molar-refractivity contribution in [1.29, 1.82) is 0 Å². The number of rotatable bonds is 9. The molecule has 0 fully saturated rings. The van der Waals surface area contributed by atoms with Crippen LogP contribution in [-0.2, 0) is 19.1 Å². The summed E-state index contributed by atoms with van der Waals surface area (Å²) in [5.74, 6) is 1.12. The van der Waals surface area contributed by atoms with Crippen molar-refractivity contribution < 1.29 is 27.1 Å². The van der Waals surface area contributed by atoms with E-state index >= 15 is 0 Å². The monoisotopic (exact) mass is 398 g/mol. The molecule has 1 unspecified atom stereocenters. The van der Waals surface area contributed by atoms with Crippen LogP contribution >= 0.6 is 8.25 Å². The van der Waals surface area contributed by atoms with Gasteiger partial charge in [0, 0.05) is 4.57 Å². The van der Waals surface area contributed by atoms with E-state index < -0.39 is 24.0 Å². The van der Waals surface area contributed by atoms with E-state index in [2.05, 4.69) is 4.72 Å². The second-order valence-electron chi connectivity index (χ2n) is 5.52. The molecule has 2 aromatic rings. The first-order chi connectivity index (χ1) is 12.3. The number of nitrogens with one attached hydrogen (secondary N) is 1. The number of sulfonamides is 1. The van der Waals surface area contributed by atoms with Gasteiger partial charge in [-0.25, -0.2) is 8.42 Å². The quantitative estimate of drug-likeness (QED) is 0.490. The molecule has 140 valence electrons. The van der Waals surface area contributed by atoms with Crippen LogP contribution in [0.2, 0.25) is 0 Å². The van der Waals surface area contributed by atoms with Crippen molar-refractivity contribution in [2.75, 3.05) is 0 Å². The van der Waals surface area contributed by atoms with Gasteiger partial charge in [0.15, 0.2) is 5.72 Å². The van der Waals surface area contributed by atoms with Crippen LogP contribution in [-0.4, -0.2) is 19.0 Å². The minimum Gasteiger partial charge on any atom is -0.457 e. The molecule has 26 heavy (non-hydrogen) atoms. The van der Waals surface area contributed by atoms with Gasteiger partial charge in [0.25, 0.3) is 0 Å². The summed E-state index contributed by atoms with van der Waals surface area (Å²) < 4.78 is 49.2. The Morgan fingerprint density at radius 2 is 1.54 bits per heavy atom. The Morgan fingerprint density at radius 3 is 2.04 bits per heavy atom. The van der Waals surface area contributed by atoms with Gasteiger partial charge in [-0.1, -0.05) is 36.6 Å². The highest BCUT2D eigenvalue weighted by atomic mass is 32.2. The topological polar surface area (TPSA) is 102 Å². The van der Waals surface area contributed by atoms with Gasteiger partial charge in [0.1, 0.15) is 11.5 Å². The SMILES string of the molecule is CCC(CC)(NS(=O)(=O)c1ccc(Oc2ccccc2)cc1)O[P+](=O)O. The first-order valence-electron chi connectivity index (χ1n) is 8.02. The Balaban J connectivity index is 2.19. The van der Waals surface area contributed by atoms with E-state index in [1.807, 2.05) is 18.2 Å². The van der Waals surface area contributed by atoms with Crippen molar-refractivity contribution in [3.05, 3.63) is 54.6 Å². The van der Waals surface area contributed by atoms with Gasteiger partial charge in [-0.05, 0) is 49.2 Å². The van der Waals surface area contributed by atoms with Gasteiger partial charge in [-0.2, -0.15) is 4.72 Å². The fourth-order valence-electron chi connectivity index (χ4n) is 2.31. The molecule has 0 radical (unpaired) electrons. The van der Waals surface area contributed by atoms with E-state index in [1.165, 1.54) is 24.3 Å². The van der Waals surface area contributed by atoms with E-state index in [1.54, 1.807) is 26.0 Å². The highest BCUT2D eigenvalue weighted by molar-refractivity contribution is 7.89. The lowest BCUT2D eigenvalue weighted by Gasteiger charge is -2.25. The van der Waals surface area contributed by atoms with Crippen LogP contribution in [0.25, 0.3) is 0 Å². The number of para-hydroxylation sites is 1. The molecule has 7 nitrogen and oxygen atoms in total. The summed E-state index contributed by atoms with van der Waals surface area (Å²) in [6.45, 7) is 3.34. The van der Waals surface area contributed by atoms with Crippen molar-refractivity contribution in [2.45, 2.75) is 37.3 Å². The third kappa shape index (κ3) is 5.33. The molecular formula is C17H21NO6PS+. The van der Waals surface area contributed by atoms with Gasteiger partial charge >= 0.3 is 8.25 Å². The van der Waals surface area contributed by atoms with Crippen molar-refractivity contribution >= 4 is 18.3 Å². The van der Waals surface area contributed by atoms with Crippen LogP contribution in [0.3, 0.4) is 0 Å². The fourth-order valence-corrected chi connectivity index (χ4v) is 4.40. The second kappa shape index (κ2) is 8.70. The van der Waals surface area contributed by atoms with Crippen LogP contribution in [0.5, 0.6) is 11.5 Å². The van der Waals surface area contributed by atoms with Crippen molar-refractivity contribution in [1.82, 2.24) is 4.72 Å². The number of hydrogen-bond donors (Lipinski definition) is 2. The minimum atomic E-state index is -3.95. The van der Waals surface area contributed by atoms with E-state index in [4.69, 9.17) is 14.2 Å². The Morgan fingerprint density at radius 1 is 1.00 bits per heavy atom. The molecule has 0 spiro atoms. The first kappa shape index (κ1) is 20.5. The second-order valence-corrected chi connectivity index (χ2v) is 7.86. The lowest BCUT2D eigenvalue weighted by atomic mass is 10.1. The number of benzene rings is 2. The fraction of sp³-hybridized carbons (Fsp3) is 0.294. The molecule has 0 bridgehead atoms.